The maximum absolute atomic E-state index is 13.5. The van der Waals surface area contributed by atoms with Crippen molar-refractivity contribution in [3.05, 3.63) is 57.8 Å². The highest BCUT2D eigenvalue weighted by Gasteiger charge is 2.41. The lowest BCUT2D eigenvalue weighted by Gasteiger charge is -2.43. The molecule has 0 aromatic heterocycles. The van der Waals surface area contributed by atoms with Crippen LogP contribution < -0.4 is 14.8 Å². The first-order valence-corrected chi connectivity index (χ1v) is 10.8. The van der Waals surface area contributed by atoms with Crippen LogP contribution in [0.5, 0.6) is 11.5 Å². The van der Waals surface area contributed by atoms with Crippen molar-refractivity contribution < 1.29 is 33.3 Å². The summed E-state index contributed by atoms with van der Waals surface area (Å²) in [5.74, 6) is -1.05. The summed E-state index contributed by atoms with van der Waals surface area (Å²) in [4.78, 5) is 23.1. The van der Waals surface area contributed by atoms with Gasteiger partial charge in [0.25, 0.3) is 0 Å². The molecule has 1 heterocycles. The summed E-state index contributed by atoms with van der Waals surface area (Å²) < 4.78 is 31.6. The molecule has 9 heteroatoms. The van der Waals surface area contributed by atoms with Gasteiger partial charge in [0.05, 0.1) is 19.3 Å². The molecule has 3 atom stereocenters. The molecule has 0 radical (unpaired) electrons. The molecule has 172 valence electrons. The highest BCUT2D eigenvalue weighted by Crippen LogP contribution is 2.48. The first-order chi connectivity index (χ1) is 15.1. The van der Waals surface area contributed by atoms with E-state index in [1.807, 2.05) is 6.92 Å². The number of carbonyl (C=O) groups is 2. The van der Waals surface area contributed by atoms with E-state index in [1.54, 1.807) is 24.3 Å². The molecule has 2 aromatic carbocycles. The van der Waals surface area contributed by atoms with Gasteiger partial charge in [-0.15, -0.1) is 0 Å². The molecule has 1 fully saturated rings. The van der Waals surface area contributed by atoms with Crippen LogP contribution in [0.3, 0.4) is 0 Å². The summed E-state index contributed by atoms with van der Waals surface area (Å²) in [5, 5.41) is 12.1. The van der Waals surface area contributed by atoms with Crippen LogP contribution in [0.4, 0.5) is 4.39 Å². The van der Waals surface area contributed by atoms with Gasteiger partial charge in [-0.05, 0) is 36.8 Å². The van der Waals surface area contributed by atoms with E-state index in [0.29, 0.717) is 28.6 Å². The van der Waals surface area contributed by atoms with Crippen molar-refractivity contribution in [2.75, 3.05) is 13.7 Å². The van der Waals surface area contributed by atoms with Gasteiger partial charge < -0.3 is 24.6 Å². The van der Waals surface area contributed by atoms with Crippen molar-refractivity contribution in [2.45, 2.75) is 44.4 Å². The summed E-state index contributed by atoms with van der Waals surface area (Å²) in [6.45, 7) is 2.82. The average molecular weight is 510 g/mol. The van der Waals surface area contributed by atoms with E-state index in [0.717, 1.165) is 5.56 Å². The fourth-order valence-electron chi connectivity index (χ4n) is 4.05. The molecular weight excluding hydrogens is 485 g/mol. The van der Waals surface area contributed by atoms with Gasteiger partial charge in [0, 0.05) is 35.3 Å². The largest absolute Gasteiger partial charge is 0.493 e. The predicted molar refractivity (Wildman–Crippen MR) is 118 cm³/mol. The lowest BCUT2D eigenvalue weighted by atomic mass is 9.81. The lowest BCUT2D eigenvalue weighted by molar-refractivity contribution is -0.139. The van der Waals surface area contributed by atoms with E-state index in [9.17, 15) is 14.0 Å². The Morgan fingerprint density at radius 2 is 1.91 bits per heavy atom. The first kappa shape index (κ1) is 24.0. The van der Waals surface area contributed by atoms with Gasteiger partial charge in [-0.1, -0.05) is 28.1 Å². The highest BCUT2D eigenvalue weighted by atomic mass is 79.9. The SMILES string of the molecule is COc1cc(Br)cc([C@H]2C[C@@](C)(NC(C)=O)C[C@@H](c3ccc(F)cc3)O2)c1OCC(=O)O. The molecule has 0 aliphatic carbocycles. The molecule has 1 aliphatic heterocycles. The standard InChI is InChI=1S/C23H25BrFNO6/c1-13(27)26-23(2)10-19(14-4-6-16(25)7-5-14)32-20(11-23)17-8-15(24)9-18(30-3)22(17)31-12-21(28)29/h4-9,19-20H,10-12H2,1-3H3,(H,26,27)(H,28,29)/t19-,20+,23-/m0/s1. The molecule has 0 unspecified atom stereocenters. The lowest BCUT2D eigenvalue weighted by Crippen LogP contribution is -2.50. The number of carbonyl (C=O) groups excluding carboxylic acids is 1. The number of benzene rings is 2. The number of aliphatic carboxylic acids is 1. The van der Waals surface area contributed by atoms with E-state index in [2.05, 4.69) is 21.2 Å². The van der Waals surface area contributed by atoms with Crippen LogP contribution in [0.25, 0.3) is 0 Å². The fraction of sp³-hybridized carbons (Fsp3) is 0.391. The number of amides is 1. The third kappa shape index (κ3) is 5.77. The molecule has 3 rings (SSSR count). The Morgan fingerprint density at radius 3 is 2.50 bits per heavy atom. The van der Waals surface area contributed by atoms with Crippen molar-refractivity contribution >= 4 is 27.8 Å². The first-order valence-electron chi connectivity index (χ1n) is 10.0. The van der Waals surface area contributed by atoms with E-state index in [1.165, 1.54) is 26.2 Å². The summed E-state index contributed by atoms with van der Waals surface area (Å²) in [5.41, 5.74) is 0.719. The minimum atomic E-state index is -1.13. The van der Waals surface area contributed by atoms with E-state index < -0.39 is 30.3 Å². The summed E-state index contributed by atoms with van der Waals surface area (Å²) in [7, 11) is 1.46. The van der Waals surface area contributed by atoms with Gasteiger partial charge in [-0.3, -0.25) is 4.79 Å². The Morgan fingerprint density at radius 1 is 1.25 bits per heavy atom. The maximum atomic E-state index is 13.5. The average Bonchev–Trinajstić information content (AvgIpc) is 2.71. The Hall–Kier alpha value is -2.65. The smallest absolute Gasteiger partial charge is 0.341 e. The zero-order chi connectivity index (χ0) is 23.5. The van der Waals surface area contributed by atoms with Crippen molar-refractivity contribution in [1.82, 2.24) is 5.32 Å². The van der Waals surface area contributed by atoms with E-state index in [-0.39, 0.29) is 17.5 Å². The van der Waals surface area contributed by atoms with Gasteiger partial charge in [-0.2, -0.15) is 0 Å². The van der Waals surface area contributed by atoms with Crippen LogP contribution in [0.1, 0.15) is 50.0 Å². The number of hydrogen-bond donors (Lipinski definition) is 2. The monoisotopic (exact) mass is 509 g/mol. The van der Waals surface area contributed by atoms with Crippen molar-refractivity contribution in [3.8, 4) is 11.5 Å². The highest BCUT2D eigenvalue weighted by molar-refractivity contribution is 9.10. The Labute approximate surface area is 194 Å². The Kier molecular flexibility index (Phi) is 7.40. The van der Waals surface area contributed by atoms with Crippen molar-refractivity contribution in [3.63, 3.8) is 0 Å². The molecule has 2 aromatic rings. The van der Waals surface area contributed by atoms with Gasteiger partial charge >= 0.3 is 5.97 Å². The van der Waals surface area contributed by atoms with Crippen LogP contribution in [0.15, 0.2) is 40.9 Å². The molecule has 1 saturated heterocycles. The number of carboxylic acids is 1. The summed E-state index contributed by atoms with van der Waals surface area (Å²) in [6, 6.07) is 9.49. The number of ether oxygens (including phenoxy) is 3. The van der Waals surface area contributed by atoms with Crippen LogP contribution in [-0.4, -0.2) is 36.2 Å². The van der Waals surface area contributed by atoms with Crippen LogP contribution in [-0.2, 0) is 14.3 Å². The van der Waals surface area contributed by atoms with Gasteiger partial charge in [0.1, 0.15) is 5.82 Å². The number of hydrogen-bond acceptors (Lipinski definition) is 5. The molecule has 0 bridgehead atoms. The molecule has 7 nitrogen and oxygen atoms in total. The molecule has 1 aliphatic rings. The minimum Gasteiger partial charge on any atom is -0.493 e. The zero-order valence-electron chi connectivity index (χ0n) is 18.0. The number of nitrogens with one attached hydrogen (secondary N) is 1. The van der Waals surface area contributed by atoms with Crippen molar-refractivity contribution in [2.24, 2.45) is 0 Å². The molecule has 1 amide bonds. The van der Waals surface area contributed by atoms with E-state index in [4.69, 9.17) is 19.3 Å². The van der Waals surface area contributed by atoms with Crippen LogP contribution in [0, 0.1) is 5.82 Å². The molecule has 2 N–H and O–H groups in total. The van der Waals surface area contributed by atoms with Crippen LogP contribution in [0.2, 0.25) is 0 Å². The summed E-state index contributed by atoms with van der Waals surface area (Å²) in [6.07, 6.45) is -0.118. The maximum Gasteiger partial charge on any atom is 0.341 e. The van der Waals surface area contributed by atoms with Gasteiger partial charge in [-0.25, -0.2) is 9.18 Å². The summed E-state index contributed by atoms with van der Waals surface area (Å²) >= 11 is 3.45. The molecule has 32 heavy (non-hydrogen) atoms. The van der Waals surface area contributed by atoms with E-state index >= 15 is 0 Å². The second kappa shape index (κ2) is 9.87. The number of rotatable bonds is 7. The normalized spacial score (nSPS) is 22.8. The fourth-order valence-corrected chi connectivity index (χ4v) is 4.50. The second-order valence-electron chi connectivity index (χ2n) is 8.02. The molecule has 0 saturated carbocycles. The molecule has 0 spiro atoms. The van der Waals surface area contributed by atoms with Crippen molar-refractivity contribution in [1.29, 1.82) is 0 Å². The Balaban J connectivity index is 2.05. The van der Waals surface area contributed by atoms with Gasteiger partial charge in [0.15, 0.2) is 18.1 Å². The second-order valence-corrected chi connectivity index (χ2v) is 8.94. The quantitative estimate of drug-likeness (QED) is 0.568. The zero-order valence-corrected chi connectivity index (χ0v) is 19.6. The number of methoxy groups -OCH3 is 1. The topological polar surface area (TPSA) is 94.1 Å². The Bertz CT molecular complexity index is 999. The minimum absolute atomic E-state index is 0.180. The van der Waals surface area contributed by atoms with Gasteiger partial charge in [0.2, 0.25) is 5.91 Å². The number of halogens is 2. The molecular formula is C23H25BrFNO6. The number of carboxylic acid groups (broad SMARTS) is 1. The third-order valence-corrected chi connectivity index (χ3v) is 5.73. The third-order valence-electron chi connectivity index (χ3n) is 5.28. The predicted octanol–water partition coefficient (Wildman–Crippen LogP) is 4.55. The van der Waals surface area contributed by atoms with Crippen LogP contribution >= 0.6 is 15.9 Å².